The lowest BCUT2D eigenvalue weighted by Gasteiger charge is -2.42. The van der Waals surface area contributed by atoms with Gasteiger partial charge < -0.3 is 29.0 Å². The molecule has 2 fully saturated rings. The van der Waals surface area contributed by atoms with Crippen molar-refractivity contribution < 1.29 is 14.3 Å². The predicted molar refractivity (Wildman–Crippen MR) is 172 cm³/mol. The molecule has 4 heterocycles. The van der Waals surface area contributed by atoms with E-state index in [0.717, 1.165) is 56.7 Å². The molecule has 0 atom stereocenters. The molecule has 4 rings (SSSR count). The maximum atomic E-state index is 12.1. The molecule has 246 valence electrons. The number of amides is 1. The lowest BCUT2D eigenvalue weighted by Crippen LogP contribution is -2.45. The van der Waals surface area contributed by atoms with Crippen LogP contribution in [0.1, 0.15) is 83.3 Å². The molecule has 1 N–H and O–H groups in total. The molecule has 11 nitrogen and oxygen atoms in total. The van der Waals surface area contributed by atoms with Crippen LogP contribution in [-0.4, -0.2) is 117 Å². The van der Waals surface area contributed by atoms with Crippen molar-refractivity contribution in [3.8, 4) is 0 Å². The number of hydrogen-bond donors (Lipinski definition) is 1. The summed E-state index contributed by atoms with van der Waals surface area (Å²) in [5.41, 5.74) is 0.537. The third-order valence-electron chi connectivity index (χ3n) is 9.76. The molecule has 0 bridgehead atoms. The number of aryl methyl sites for hydroxylation is 1. The quantitative estimate of drug-likeness (QED) is 0.201. The molecule has 2 aliphatic rings. The number of carbonyl (C=O) groups excluding carboxylic acids is 2. The zero-order valence-electron chi connectivity index (χ0n) is 27.7. The first-order chi connectivity index (χ1) is 21.3. The Morgan fingerprint density at radius 3 is 2.48 bits per heavy atom. The van der Waals surface area contributed by atoms with Crippen LogP contribution in [0, 0.1) is 5.41 Å². The second-order valence-corrected chi connectivity index (χ2v) is 13.1. The molecular formula is C33H56N8O3. The number of carbonyl (C=O) groups is 2. The Morgan fingerprint density at radius 1 is 1.00 bits per heavy atom. The van der Waals surface area contributed by atoms with Gasteiger partial charge in [-0.15, -0.1) is 0 Å². The number of nitrogens with zero attached hydrogens (tertiary/aromatic N) is 7. The number of H-pyrrole nitrogens is 1. The number of imidazole rings is 2. The van der Waals surface area contributed by atoms with Crippen LogP contribution in [0.4, 0.5) is 0 Å². The summed E-state index contributed by atoms with van der Waals surface area (Å²) in [6.07, 6.45) is 17.2. The van der Waals surface area contributed by atoms with Gasteiger partial charge in [-0.3, -0.25) is 14.5 Å². The second kappa shape index (κ2) is 17.1. The Morgan fingerprint density at radius 2 is 1.77 bits per heavy atom. The standard InChI is InChI=1S/C33H56N8O3/c1-5-28(6-2)40-21-12-33(13-22-40)11-20-38(27-33)18-9-19-41-23-16-36-30(41)25-39(24-29-34-14-15-35-29)17-8-7-10-32(43)44-26-31(42)37(3)4/h14-16,23,28H,5-13,17-22,24-27H2,1-4H3,(H,34,35). The van der Waals surface area contributed by atoms with E-state index in [1.54, 1.807) is 20.3 Å². The van der Waals surface area contributed by atoms with Crippen molar-refractivity contribution in [1.29, 1.82) is 0 Å². The summed E-state index contributed by atoms with van der Waals surface area (Å²) in [5.74, 6) is 1.43. The highest BCUT2D eigenvalue weighted by Crippen LogP contribution is 2.41. The number of ether oxygens (including phenoxy) is 1. The van der Waals surface area contributed by atoms with Crippen LogP contribution in [0.25, 0.3) is 0 Å². The topological polar surface area (TPSA) is 103 Å². The van der Waals surface area contributed by atoms with Gasteiger partial charge in [-0.2, -0.15) is 0 Å². The van der Waals surface area contributed by atoms with E-state index in [-0.39, 0.29) is 18.5 Å². The fourth-order valence-electron chi connectivity index (χ4n) is 6.91. The number of rotatable bonds is 18. The average molecular weight is 613 g/mol. The van der Waals surface area contributed by atoms with Crippen molar-refractivity contribution in [1.82, 2.24) is 39.1 Å². The molecule has 0 unspecified atom stereocenters. The fraction of sp³-hybridized carbons (Fsp3) is 0.758. The van der Waals surface area contributed by atoms with E-state index < -0.39 is 0 Å². The zero-order valence-corrected chi connectivity index (χ0v) is 27.7. The van der Waals surface area contributed by atoms with E-state index >= 15 is 0 Å². The first-order valence-corrected chi connectivity index (χ1v) is 16.8. The molecule has 0 aliphatic carbocycles. The Labute approximate surface area is 264 Å². The zero-order chi connectivity index (χ0) is 31.4. The molecule has 1 spiro atoms. The minimum Gasteiger partial charge on any atom is -0.456 e. The van der Waals surface area contributed by atoms with Crippen molar-refractivity contribution in [3.05, 3.63) is 36.4 Å². The summed E-state index contributed by atoms with van der Waals surface area (Å²) >= 11 is 0. The van der Waals surface area contributed by atoms with E-state index in [1.165, 1.54) is 63.2 Å². The van der Waals surface area contributed by atoms with Crippen LogP contribution in [-0.2, 0) is 34.0 Å². The number of piperidine rings is 1. The highest BCUT2D eigenvalue weighted by molar-refractivity contribution is 5.80. The number of hydrogen-bond acceptors (Lipinski definition) is 8. The lowest BCUT2D eigenvalue weighted by atomic mass is 9.77. The minimum absolute atomic E-state index is 0.199. The number of likely N-dealkylation sites (tertiary alicyclic amines) is 2. The van der Waals surface area contributed by atoms with Crippen LogP contribution in [0.3, 0.4) is 0 Å². The smallest absolute Gasteiger partial charge is 0.306 e. The van der Waals surface area contributed by atoms with E-state index in [4.69, 9.17) is 9.72 Å². The van der Waals surface area contributed by atoms with E-state index in [2.05, 4.69) is 49.3 Å². The molecule has 0 aromatic carbocycles. The summed E-state index contributed by atoms with van der Waals surface area (Å²) in [5, 5.41) is 0. The maximum Gasteiger partial charge on any atom is 0.306 e. The Bertz CT molecular complexity index is 1120. The van der Waals surface area contributed by atoms with Gasteiger partial charge in [0.2, 0.25) is 0 Å². The molecule has 44 heavy (non-hydrogen) atoms. The van der Waals surface area contributed by atoms with Crippen LogP contribution in [0.5, 0.6) is 0 Å². The van der Waals surface area contributed by atoms with Crippen molar-refractivity contribution >= 4 is 11.9 Å². The van der Waals surface area contributed by atoms with Gasteiger partial charge in [0.25, 0.3) is 5.91 Å². The Hall–Kier alpha value is -2.76. The second-order valence-electron chi connectivity index (χ2n) is 13.1. The summed E-state index contributed by atoms with van der Waals surface area (Å²) < 4.78 is 7.41. The predicted octanol–water partition coefficient (Wildman–Crippen LogP) is 3.78. The van der Waals surface area contributed by atoms with Crippen molar-refractivity contribution in [3.63, 3.8) is 0 Å². The van der Waals surface area contributed by atoms with E-state index in [9.17, 15) is 9.59 Å². The SMILES string of the molecule is CCC(CC)N1CCC2(CCN(CCCn3ccnc3CN(CCCCC(=O)OCC(=O)N(C)C)Cc3ncc[nH]3)C2)CC1. The Kier molecular flexibility index (Phi) is 13.2. The third kappa shape index (κ3) is 10.1. The van der Waals surface area contributed by atoms with Crippen molar-refractivity contribution in [2.75, 3.05) is 60.0 Å². The molecule has 2 aromatic heterocycles. The number of esters is 1. The number of likely N-dealkylation sites (N-methyl/N-ethyl adjacent to an activating group) is 1. The molecule has 2 aromatic rings. The normalized spacial score (nSPS) is 17.2. The van der Waals surface area contributed by atoms with Gasteiger partial charge in [0.1, 0.15) is 11.6 Å². The van der Waals surface area contributed by atoms with Crippen LogP contribution in [0.15, 0.2) is 24.8 Å². The summed E-state index contributed by atoms with van der Waals surface area (Å²) in [6, 6.07) is 0.763. The monoisotopic (exact) mass is 612 g/mol. The van der Waals surface area contributed by atoms with Crippen LogP contribution < -0.4 is 0 Å². The highest BCUT2D eigenvalue weighted by atomic mass is 16.5. The van der Waals surface area contributed by atoms with E-state index in [0.29, 0.717) is 24.8 Å². The number of aromatic amines is 1. The number of aromatic nitrogens is 4. The number of nitrogens with one attached hydrogen (secondary N) is 1. The summed E-state index contributed by atoms with van der Waals surface area (Å²) in [7, 11) is 3.30. The van der Waals surface area contributed by atoms with Crippen molar-refractivity contribution in [2.45, 2.75) is 97.3 Å². The van der Waals surface area contributed by atoms with Crippen LogP contribution in [0.2, 0.25) is 0 Å². The molecule has 0 saturated carbocycles. The largest absolute Gasteiger partial charge is 0.456 e. The third-order valence-corrected chi connectivity index (χ3v) is 9.76. The average Bonchev–Trinajstić information content (AvgIpc) is 3.78. The minimum atomic E-state index is -0.329. The Balaban J connectivity index is 1.20. The van der Waals surface area contributed by atoms with Crippen LogP contribution >= 0.6 is 0 Å². The van der Waals surface area contributed by atoms with E-state index in [1.807, 2.05) is 12.4 Å². The maximum absolute atomic E-state index is 12.1. The number of unbranched alkanes of at least 4 members (excludes halogenated alkanes) is 1. The van der Waals surface area contributed by atoms with Gasteiger partial charge >= 0.3 is 5.97 Å². The summed E-state index contributed by atoms with van der Waals surface area (Å²) in [4.78, 5) is 45.3. The van der Waals surface area contributed by atoms with Gasteiger partial charge in [0.15, 0.2) is 6.61 Å². The fourth-order valence-corrected chi connectivity index (χ4v) is 6.91. The first kappa shape index (κ1) is 34.1. The lowest BCUT2D eigenvalue weighted by molar-refractivity contribution is -0.151. The summed E-state index contributed by atoms with van der Waals surface area (Å²) in [6.45, 7) is 13.8. The van der Waals surface area contributed by atoms with Gasteiger partial charge in [0, 0.05) is 64.4 Å². The van der Waals surface area contributed by atoms with Gasteiger partial charge in [-0.25, -0.2) is 9.97 Å². The molecule has 1 amide bonds. The molecular weight excluding hydrogens is 556 g/mol. The molecule has 2 aliphatic heterocycles. The molecule has 11 heteroatoms. The first-order valence-electron chi connectivity index (χ1n) is 16.8. The van der Waals surface area contributed by atoms with Gasteiger partial charge in [0.05, 0.1) is 13.1 Å². The van der Waals surface area contributed by atoms with Gasteiger partial charge in [-0.05, 0) is 89.5 Å². The highest BCUT2D eigenvalue weighted by Gasteiger charge is 2.40. The molecule has 2 saturated heterocycles. The molecule has 0 radical (unpaired) electrons. The van der Waals surface area contributed by atoms with Crippen molar-refractivity contribution in [2.24, 2.45) is 5.41 Å². The van der Waals surface area contributed by atoms with Gasteiger partial charge in [-0.1, -0.05) is 13.8 Å².